The Morgan fingerprint density at radius 3 is 2.67 bits per heavy atom. The van der Waals surface area contributed by atoms with E-state index in [-0.39, 0.29) is 0 Å². The molecule has 0 spiro atoms. The van der Waals surface area contributed by atoms with Gasteiger partial charge in [-0.1, -0.05) is 23.5 Å². The van der Waals surface area contributed by atoms with Crippen molar-refractivity contribution in [3.05, 3.63) is 0 Å². The monoisotopic (exact) mass is 158 g/mol. The van der Waals surface area contributed by atoms with Gasteiger partial charge in [0.15, 0.2) is 0 Å². The van der Waals surface area contributed by atoms with Crippen molar-refractivity contribution in [1.82, 2.24) is 0 Å². The van der Waals surface area contributed by atoms with Crippen molar-refractivity contribution < 1.29 is 0 Å². The van der Waals surface area contributed by atoms with Crippen LogP contribution in [0.5, 0.6) is 0 Å². The fourth-order valence-corrected chi connectivity index (χ4v) is 2.68. The third kappa shape index (κ3) is 2.29. The SMILES string of the molecule is N#CN=C1SCCCS1. The van der Waals surface area contributed by atoms with Crippen LogP contribution in [0.2, 0.25) is 0 Å². The molecule has 0 N–H and O–H groups in total. The lowest BCUT2D eigenvalue weighted by Gasteiger charge is -2.08. The van der Waals surface area contributed by atoms with Crippen LogP contribution in [0.4, 0.5) is 0 Å². The van der Waals surface area contributed by atoms with Crippen LogP contribution in [0.1, 0.15) is 6.42 Å². The molecular formula is C5H6N2S2. The molecular weight excluding hydrogens is 152 g/mol. The fourth-order valence-electron chi connectivity index (χ4n) is 0.525. The van der Waals surface area contributed by atoms with E-state index in [0.717, 1.165) is 15.9 Å². The van der Waals surface area contributed by atoms with Crippen LogP contribution in [0.3, 0.4) is 0 Å². The molecule has 0 saturated carbocycles. The minimum atomic E-state index is 0.934. The summed E-state index contributed by atoms with van der Waals surface area (Å²) < 4.78 is 0.934. The Kier molecular flexibility index (Phi) is 2.95. The molecule has 0 atom stereocenters. The molecule has 1 aliphatic rings. The summed E-state index contributed by atoms with van der Waals surface area (Å²) in [5.41, 5.74) is 0. The molecule has 1 aliphatic heterocycles. The van der Waals surface area contributed by atoms with E-state index < -0.39 is 0 Å². The molecule has 0 aromatic carbocycles. The smallest absolute Gasteiger partial charge is 0.170 e. The number of aliphatic imine (C=N–C) groups is 1. The molecule has 1 fully saturated rings. The van der Waals surface area contributed by atoms with Gasteiger partial charge in [-0.3, -0.25) is 0 Å². The minimum absolute atomic E-state index is 0.934. The molecule has 0 bridgehead atoms. The summed E-state index contributed by atoms with van der Waals surface area (Å²) in [4.78, 5) is 3.63. The zero-order chi connectivity index (χ0) is 6.53. The molecule has 0 aromatic heterocycles. The maximum atomic E-state index is 8.15. The van der Waals surface area contributed by atoms with Gasteiger partial charge in [0.25, 0.3) is 0 Å². The van der Waals surface area contributed by atoms with Crippen molar-refractivity contribution in [1.29, 1.82) is 5.26 Å². The second-order valence-corrected chi connectivity index (χ2v) is 3.95. The number of rotatable bonds is 0. The summed E-state index contributed by atoms with van der Waals surface area (Å²) in [5.74, 6) is 2.24. The van der Waals surface area contributed by atoms with Crippen LogP contribution >= 0.6 is 23.5 Å². The Morgan fingerprint density at radius 1 is 1.44 bits per heavy atom. The Bertz CT molecular complexity index is 151. The minimum Gasteiger partial charge on any atom is -0.170 e. The summed E-state index contributed by atoms with van der Waals surface area (Å²) in [6, 6.07) is 0. The van der Waals surface area contributed by atoms with Crippen LogP contribution < -0.4 is 0 Å². The van der Waals surface area contributed by atoms with Crippen LogP contribution in [-0.4, -0.2) is 15.9 Å². The maximum absolute atomic E-state index is 8.15. The van der Waals surface area contributed by atoms with Gasteiger partial charge in [0.05, 0.1) is 0 Å². The van der Waals surface area contributed by atoms with Gasteiger partial charge in [0, 0.05) is 11.5 Å². The van der Waals surface area contributed by atoms with Gasteiger partial charge in [-0.25, -0.2) is 0 Å². The highest BCUT2D eigenvalue weighted by atomic mass is 32.2. The van der Waals surface area contributed by atoms with Gasteiger partial charge in [0.1, 0.15) is 4.38 Å². The highest BCUT2D eigenvalue weighted by molar-refractivity contribution is 8.39. The first-order valence-corrected chi connectivity index (χ1v) is 4.63. The van der Waals surface area contributed by atoms with Gasteiger partial charge in [0.2, 0.25) is 6.19 Å². The fraction of sp³-hybridized carbons (Fsp3) is 0.600. The topological polar surface area (TPSA) is 36.1 Å². The second-order valence-electron chi connectivity index (χ2n) is 1.53. The van der Waals surface area contributed by atoms with Crippen molar-refractivity contribution in [2.45, 2.75) is 6.42 Å². The van der Waals surface area contributed by atoms with Gasteiger partial charge in [-0.15, -0.1) is 0 Å². The van der Waals surface area contributed by atoms with Crippen LogP contribution in [0, 0.1) is 11.5 Å². The summed E-state index contributed by atoms with van der Waals surface area (Å²) in [5, 5.41) is 8.15. The van der Waals surface area contributed by atoms with Crippen LogP contribution in [-0.2, 0) is 0 Å². The van der Waals surface area contributed by atoms with E-state index in [1.54, 1.807) is 29.7 Å². The van der Waals surface area contributed by atoms with Gasteiger partial charge in [-0.2, -0.15) is 10.3 Å². The first-order valence-electron chi connectivity index (χ1n) is 2.66. The lowest BCUT2D eigenvalue weighted by atomic mass is 10.6. The van der Waals surface area contributed by atoms with E-state index >= 15 is 0 Å². The van der Waals surface area contributed by atoms with Crippen LogP contribution in [0.15, 0.2) is 4.99 Å². The number of hydrogen-bond acceptors (Lipinski definition) is 4. The van der Waals surface area contributed by atoms with Crippen molar-refractivity contribution in [3.8, 4) is 6.19 Å². The van der Waals surface area contributed by atoms with Crippen molar-refractivity contribution in [3.63, 3.8) is 0 Å². The van der Waals surface area contributed by atoms with E-state index in [0.29, 0.717) is 0 Å². The zero-order valence-electron chi connectivity index (χ0n) is 4.83. The molecule has 4 heteroatoms. The average Bonchev–Trinajstić information content (AvgIpc) is 1.91. The summed E-state index contributed by atoms with van der Waals surface area (Å²) in [6.07, 6.45) is 3.02. The van der Waals surface area contributed by atoms with Crippen molar-refractivity contribution >= 4 is 27.9 Å². The molecule has 0 aliphatic carbocycles. The van der Waals surface area contributed by atoms with Crippen molar-refractivity contribution in [2.75, 3.05) is 11.5 Å². The summed E-state index contributed by atoms with van der Waals surface area (Å²) in [7, 11) is 0. The molecule has 0 radical (unpaired) electrons. The van der Waals surface area contributed by atoms with Gasteiger partial charge < -0.3 is 0 Å². The summed E-state index contributed by atoms with van der Waals surface area (Å²) >= 11 is 3.36. The first kappa shape index (κ1) is 6.97. The van der Waals surface area contributed by atoms with Crippen LogP contribution in [0.25, 0.3) is 0 Å². The molecule has 48 valence electrons. The summed E-state index contributed by atoms with van der Waals surface area (Å²) in [6.45, 7) is 0. The number of nitriles is 1. The first-order chi connectivity index (χ1) is 4.43. The largest absolute Gasteiger partial charge is 0.207 e. The van der Waals surface area contributed by atoms with E-state index in [1.807, 2.05) is 0 Å². The third-order valence-corrected chi connectivity index (χ3v) is 3.25. The number of hydrogen-bond donors (Lipinski definition) is 0. The predicted molar refractivity (Wildman–Crippen MR) is 42.6 cm³/mol. The Hall–Kier alpha value is -0.140. The quantitative estimate of drug-likeness (QED) is 0.503. The molecule has 0 unspecified atom stereocenters. The van der Waals surface area contributed by atoms with E-state index in [2.05, 4.69) is 4.99 Å². The van der Waals surface area contributed by atoms with Gasteiger partial charge >= 0.3 is 0 Å². The Balaban J connectivity index is 2.42. The zero-order valence-corrected chi connectivity index (χ0v) is 6.47. The average molecular weight is 158 g/mol. The van der Waals surface area contributed by atoms with E-state index in [1.165, 1.54) is 6.42 Å². The van der Waals surface area contributed by atoms with E-state index in [4.69, 9.17) is 5.26 Å². The Labute approximate surface area is 62.7 Å². The molecule has 0 aromatic rings. The standard InChI is InChI=1S/C5H6N2S2/c6-4-7-5-8-2-1-3-9-5/h1-3H2. The highest BCUT2D eigenvalue weighted by Crippen LogP contribution is 2.24. The molecule has 9 heavy (non-hydrogen) atoms. The molecule has 0 amide bonds. The molecule has 1 saturated heterocycles. The lowest BCUT2D eigenvalue weighted by molar-refractivity contribution is 1.13. The van der Waals surface area contributed by atoms with E-state index in [9.17, 15) is 0 Å². The van der Waals surface area contributed by atoms with Crippen molar-refractivity contribution in [2.24, 2.45) is 4.99 Å². The third-order valence-electron chi connectivity index (χ3n) is 0.881. The highest BCUT2D eigenvalue weighted by Gasteiger charge is 2.06. The normalized spacial score (nSPS) is 18.8. The second kappa shape index (κ2) is 3.80. The predicted octanol–water partition coefficient (Wildman–Crippen LogP) is 1.69. The number of nitrogens with zero attached hydrogens (tertiary/aromatic N) is 2. The maximum Gasteiger partial charge on any atom is 0.207 e. The Morgan fingerprint density at radius 2 is 2.11 bits per heavy atom. The number of thioether (sulfide) groups is 2. The molecule has 2 nitrogen and oxygen atoms in total. The molecule has 1 rings (SSSR count). The van der Waals surface area contributed by atoms with Gasteiger partial charge in [-0.05, 0) is 6.42 Å². The lowest BCUT2D eigenvalue weighted by Crippen LogP contribution is -1.98. The molecule has 1 heterocycles.